The predicted octanol–water partition coefficient (Wildman–Crippen LogP) is 1.97. The van der Waals surface area contributed by atoms with Crippen molar-refractivity contribution in [3.05, 3.63) is 42.3 Å². The first kappa shape index (κ1) is 14.5. The molecule has 0 aliphatic carbocycles. The Morgan fingerprint density at radius 3 is 2.80 bits per heavy atom. The Balaban J connectivity index is 2.06. The number of hydrogen-bond donors (Lipinski definition) is 2. The quantitative estimate of drug-likeness (QED) is 0.763. The van der Waals surface area contributed by atoms with E-state index in [1.54, 1.807) is 24.3 Å². The lowest BCUT2D eigenvalue weighted by Gasteiger charge is -2.04. The van der Waals surface area contributed by atoms with Gasteiger partial charge in [-0.15, -0.1) is 0 Å². The number of pyridine rings is 1. The monoisotopic (exact) mass is 295 g/mol. The molecule has 0 unspecified atom stereocenters. The van der Waals surface area contributed by atoms with Crippen molar-refractivity contribution in [1.82, 2.24) is 10.3 Å². The number of nitrogens with one attached hydrogen (secondary N) is 2. The van der Waals surface area contributed by atoms with Crippen molar-refractivity contribution < 1.29 is 12.8 Å². The largest absolute Gasteiger partial charge is 0.446 e. The third kappa shape index (κ3) is 3.82. The fourth-order valence-electron chi connectivity index (χ4n) is 1.60. The summed E-state index contributed by atoms with van der Waals surface area (Å²) in [5.74, 6) is 0.842. The van der Waals surface area contributed by atoms with Crippen LogP contribution in [0.4, 0.5) is 5.82 Å². The highest BCUT2D eigenvalue weighted by molar-refractivity contribution is 7.92. The summed E-state index contributed by atoms with van der Waals surface area (Å²) in [6.07, 6.45) is 2.52. The molecule has 2 rings (SSSR count). The second kappa shape index (κ2) is 6.53. The molecule has 0 aliphatic heterocycles. The van der Waals surface area contributed by atoms with E-state index >= 15 is 0 Å². The van der Waals surface area contributed by atoms with Crippen LogP contribution in [0.5, 0.6) is 0 Å². The zero-order valence-electron chi connectivity index (χ0n) is 11.2. The molecule has 0 radical (unpaired) electrons. The molecule has 7 heteroatoms. The molecule has 0 bridgehead atoms. The first-order valence-electron chi connectivity index (χ1n) is 6.35. The number of aromatic nitrogens is 1. The first-order valence-corrected chi connectivity index (χ1v) is 7.83. The molecule has 0 amide bonds. The van der Waals surface area contributed by atoms with E-state index in [0.717, 1.165) is 13.0 Å². The Morgan fingerprint density at radius 2 is 2.10 bits per heavy atom. The summed E-state index contributed by atoms with van der Waals surface area (Å²) in [6.45, 7) is 3.42. The molecule has 0 aromatic carbocycles. The van der Waals surface area contributed by atoms with E-state index in [0.29, 0.717) is 12.3 Å². The molecule has 2 N–H and O–H groups in total. The summed E-state index contributed by atoms with van der Waals surface area (Å²) < 4.78 is 31.8. The van der Waals surface area contributed by atoms with Gasteiger partial charge in [-0.25, -0.2) is 4.98 Å². The summed E-state index contributed by atoms with van der Waals surface area (Å²) in [5.41, 5.74) is 0. The van der Waals surface area contributed by atoms with E-state index in [9.17, 15) is 8.42 Å². The van der Waals surface area contributed by atoms with Crippen LogP contribution in [0, 0.1) is 0 Å². The summed E-state index contributed by atoms with van der Waals surface area (Å²) in [7, 11) is -3.73. The fourth-order valence-corrected chi connectivity index (χ4v) is 2.56. The van der Waals surface area contributed by atoms with Gasteiger partial charge in [0, 0.05) is 6.20 Å². The summed E-state index contributed by atoms with van der Waals surface area (Å²) in [6, 6.07) is 8.07. The Hall–Kier alpha value is -1.86. The third-order valence-electron chi connectivity index (χ3n) is 2.53. The van der Waals surface area contributed by atoms with Gasteiger partial charge in [0.2, 0.25) is 5.09 Å². The number of furan rings is 1. The lowest BCUT2D eigenvalue weighted by molar-refractivity contribution is 0.403. The Kier molecular flexibility index (Phi) is 4.75. The predicted molar refractivity (Wildman–Crippen MR) is 75.8 cm³/mol. The van der Waals surface area contributed by atoms with Gasteiger partial charge in [0.25, 0.3) is 10.0 Å². The molecule has 0 atom stereocenters. The van der Waals surface area contributed by atoms with Gasteiger partial charge in [0.1, 0.15) is 11.6 Å². The molecule has 0 spiro atoms. The zero-order chi connectivity index (χ0) is 14.4. The standard InChI is InChI=1S/C13H17N3O3S/c1-2-8-14-10-11-6-7-13(19-11)20(17,18)16-12-5-3-4-9-15-12/h3-7,9,14H,2,8,10H2,1H3,(H,15,16). The maximum Gasteiger partial charge on any atom is 0.296 e. The highest BCUT2D eigenvalue weighted by Gasteiger charge is 2.19. The molecule has 0 aliphatic rings. The maximum absolute atomic E-state index is 12.1. The van der Waals surface area contributed by atoms with E-state index in [-0.39, 0.29) is 10.9 Å². The first-order chi connectivity index (χ1) is 9.62. The molecule has 0 fully saturated rings. The van der Waals surface area contributed by atoms with E-state index in [1.165, 1.54) is 12.3 Å². The van der Waals surface area contributed by atoms with E-state index in [1.807, 2.05) is 0 Å². The van der Waals surface area contributed by atoms with Crippen molar-refractivity contribution in [2.75, 3.05) is 11.3 Å². The smallest absolute Gasteiger partial charge is 0.296 e. The van der Waals surface area contributed by atoms with Crippen molar-refractivity contribution in [2.45, 2.75) is 25.0 Å². The van der Waals surface area contributed by atoms with Crippen LogP contribution in [-0.2, 0) is 16.6 Å². The minimum Gasteiger partial charge on any atom is -0.446 e. The minimum atomic E-state index is -3.73. The second-order valence-electron chi connectivity index (χ2n) is 4.22. The van der Waals surface area contributed by atoms with Gasteiger partial charge in [-0.05, 0) is 37.2 Å². The van der Waals surface area contributed by atoms with Crippen molar-refractivity contribution in [3.63, 3.8) is 0 Å². The van der Waals surface area contributed by atoms with Gasteiger partial charge in [0.15, 0.2) is 0 Å². The Morgan fingerprint density at radius 1 is 1.25 bits per heavy atom. The molecular formula is C13H17N3O3S. The topological polar surface area (TPSA) is 84.2 Å². The molecule has 2 aromatic rings. The van der Waals surface area contributed by atoms with Crippen LogP contribution in [0.1, 0.15) is 19.1 Å². The van der Waals surface area contributed by atoms with Gasteiger partial charge in [-0.2, -0.15) is 8.42 Å². The van der Waals surface area contributed by atoms with Gasteiger partial charge >= 0.3 is 0 Å². The van der Waals surface area contributed by atoms with Crippen LogP contribution in [0.25, 0.3) is 0 Å². The molecule has 2 heterocycles. The van der Waals surface area contributed by atoms with E-state index in [2.05, 4.69) is 21.9 Å². The van der Waals surface area contributed by atoms with Crippen LogP contribution in [-0.4, -0.2) is 19.9 Å². The van der Waals surface area contributed by atoms with Crippen LogP contribution in [0.2, 0.25) is 0 Å². The maximum atomic E-state index is 12.1. The van der Waals surface area contributed by atoms with E-state index in [4.69, 9.17) is 4.42 Å². The minimum absolute atomic E-state index is 0.114. The van der Waals surface area contributed by atoms with Crippen molar-refractivity contribution in [1.29, 1.82) is 0 Å². The molecule has 0 saturated heterocycles. The molecule has 2 aromatic heterocycles. The molecule has 108 valence electrons. The normalized spacial score (nSPS) is 11.4. The van der Waals surface area contributed by atoms with Crippen LogP contribution in [0.15, 0.2) is 46.0 Å². The number of sulfonamides is 1. The SMILES string of the molecule is CCCNCc1ccc(S(=O)(=O)Nc2ccccn2)o1. The third-order valence-corrected chi connectivity index (χ3v) is 3.76. The summed E-state index contributed by atoms with van der Waals surface area (Å²) in [4.78, 5) is 3.91. The van der Waals surface area contributed by atoms with Crippen LogP contribution >= 0.6 is 0 Å². The second-order valence-corrected chi connectivity index (χ2v) is 5.83. The Labute approximate surface area is 118 Å². The highest BCUT2D eigenvalue weighted by atomic mass is 32.2. The summed E-state index contributed by atoms with van der Waals surface area (Å²) in [5, 5.41) is 3.03. The molecule has 20 heavy (non-hydrogen) atoms. The average Bonchev–Trinajstić information content (AvgIpc) is 2.89. The number of anilines is 1. The lowest BCUT2D eigenvalue weighted by Crippen LogP contribution is -2.14. The molecular weight excluding hydrogens is 278 g/mol. The van der Waals surface area contributed by atoms with Crippen LogP contribution < -0.4 is 10.0 Å². The van der Waals surface area contributed by atoms with Crippen molar-refractivity contribution in [2.24, 2.45) is 0 Å². The number of nitrogens with zero attached hydrogens (tertiary/aromatic N) is 1. The fraction of sp³-hybridized carbons (Fsp3) is 0.308. The van der Waals surface area contributed by atoms with Crippen molar-refractivity contribution in [3.8, 4) is 0 Å². The summed E-state index contributed by atoms with van der Waals surface area (Å²) >= 11 is 0. The number of rotatable bonds is 7. The van der Waals surface area contributed by atoms with Gasteiger partial charge in [-0.1, -0.05) is 13.0 Å². The van der Waals surface area contributed by atoms with E-state index < -0.39 is 10.0 Å². The Bertz CT molecular complexity index is 638. The molecule has 6 nitrogen and oxygen atoms in total. The van der Waals surface area contributed by atoms with Gasteiger partial charge in [-0.3, -0.25) is 4.72 Å². The molecule has 0 saturated carbocycles. The van der Waals surface area contributed by atoms with Gasteiger partial charge < -0.3 is 9.73 Å². The van der Waals surface area contributed by atoms with Crippen molar-refractivity contribution >= 4 is 15.8 Å². The van der Waals surface area contributed by atoms with Crippen LogP contribution in [0.3, 0.4) is 0 Å². The lowest BCUT2D eigenvalue weighted by atomic mass is 10.4. The highest BCUT2D eigenvalue weighted by Crippen LogP contribution is 2.17. The van der Waals surface area contributed by atoms with Gasteiger partial charge in [0.05, 0.1) is 6.54 Å². The number of hydrogen-bond acceptors (Lipinski definition) is 5. The zero-order valence-corrected chi connectivity index (χ0v) is 12.0. The average molecular weight is 295 g/mol.